The predicted octanol–water partition coefficient (Wildman–Crippen LogP) is 3.85. The molecule has 2 amide bonds. The van der Waals surface area contributed by atoms with Crippen LogP contribution in [0.25, 0.3) is 0 Å². The molecule has 0 aliphatic carbocycles. The lowest BCUT2D eigenvalue weighted by Gasteiger charge is -2.29. The average Bonchev–Trinajstić information content (AvgIpc) is 2.71. The fraction of sp³-hybridized carbons (Fsp3) is 0.391. The number of aryl methyl sites for hydroxylation is 1. The number of carbonyl (C=O) groups is 2. The van der Waals surface area contributed by atoms with Gasteiger partial charge in [-0.15, -0.1) is 0 Å². The summed E-state index contributed by atoms with van der Waals surface area (Å²) in [5.74, 6) is -1.12. The third-order valence-electron chi connectivity index (χ3n) is 4.62. The molecule has 0 unspecified atom stereocenters. The SMILES string of the molecule is CCCCNC(=O)[C@H](C)N(Cc1cccc(C)c1)C(=O)COc1ccccc1F. The molecule has 2 aromatic carbocycles. The van der Waals surface area contributed by atoms with Crippen molar-refractivity contribution in [3.05, 3.63) is 65.5 Å². The lowest BCUT2D eigenvalue weighted by molar-refractivity contribution is -0.142. The molecule has 0 saturated carbocycles. The molecule has 1 atom stereocenters. The summed E-state index contributed by atoms with van der Waals surface area (Å²) in [6.45, 7) is 6.19. The van der Waals surface area contributed by atoms with Crippen LogP contribution in [0.3, 0.4) is 0 Å². The highest BCUT2D eigenvalue weighted by molar-refractivity contribution is 5.87. The van der Waals surface area contributed by atoms with Gasteiger partial charge in [0.25, 0.3) is 5.91 Å². The highest BCUT2D eigenvalue weighted by Gasteiger charge is 2.26. The van der Waals surface area contributed by atoms with E-state index in [1.54, 1.807) is 19.1 Å². The maximum atomic E-state index is 13.8. The van der Waals surface area contributed by atoms with Crippen LogP contribution >= 0.6 is 0 Å². The summed E-state index contributed by atoms with van der Waals surface area (Å²) in [4.78, 5) is 26.9. The van der Waals surface area contributed by atoms with Crippen molar-refractivity contribution in [3.63, 3.8) is 0 Å². The number of rotatable bonds is 10. The second-order valence-electron chi connectivity index (χ2n) is 7.05. The molecule has 0 saturated heterocycles. The van der Waals surface area contributed by atoms with Crippen molar-refractivity contribution in [3.8, 4) is 5.75 Å². The van der Waals surface area contributed by atoms with E-state index in [9.17, 15) is 14.0 Å². The summed E-state index contributed by atoms with van der Waals surface area (Å²) >= 11 is 0. The van der Waals surface area contributed by atoms with Gasteiger partial charge in [-0.3, -0.25) is 9.59 Å². The number of halogens is 1. The maximum Gasteiger partial charge on any atom is 0.261 e. The number of carbonyl (C=O) groups excluding carboxylic acids is 2. The molecule has 1 N–H and O–H groups in total. The molecular weight excluding hydrogens is 371 g/mol. The minimum absolute atomic E-state index is 0.0106. The molecule has 156 valence electrons. The molecule has 0 bridgehead atoms. The lowest BCUT2D eigenvalue weighted by Crippen LogP contribution is -2.49. The summed E-state index contributed by atoms with van der Waals surface area (Å²) in [5, 5.41) is 2.87. The topological polar surface area (TPSA) is 58.6 Å². The van der Waals surface area contributed by atoms with Crippen LogP contribution in [0.2, 0.25) is 0 Å². The summed E-state index contributed by atoms with van der Waals surface area (Å²) in [6.07, 6.45) is 1.84. The van der Waals surface area contributed by atoms with Crippen LogP contribution in [0.1, 0.15) is 37.8 Å². The minimum atomic E-state index is -0.677. The van der Waals surface area contributed by atoms with Gasteiger partial charge in [0.15, 0.2) is 18.2 Å². The van der Waals surface area contributed by atoms with Crippen molar-refractivity contribution >= 4 is 11.8 Å². The summed E-state index contributed by atoms with van der Waals surface area (Å²) in [7, 11) is 0. The quantitative estimate of drug-likeness (QED) is 0.617. The highest BCUT2D eigenvalue weighted by Crippen LogP contribution is 2.16. The molecular formula is C23H29FN2O3. The Labute approximate surface area is 171 Å². The zero-order valence-corrected chi connectivity index (χ0v) is 17.3. The van der Waals surface area contributed by atoms with Gasteiger partial charge in [-0.05, 0) is 38.0 Å². The Kier molecular flexibility index (Phi) is 8.65. The molecule has 0 fully saturated rings. The van der Waals surface area contributed by atoms with Gasteiger partial charge in [-0.2, -0.15) is 0 Å². The molecule has 0 heterocycles. The van der Waals surface area contributed by atoms with Crippen LogP contribution in [-0.2, 0) is 16.1 Å². The number of unbranched alkanes of at least 4 members (excludes halogenated alkanes) is 1. The summed E-state index contributed by atoms with van der Waals surface area (Å²) in [6, 6.07) is 13.0. The monoisotopic (exact) mass is 400 g/mol. The molecule has 29 heavy (non-hydrogen) atoms. The number of hydrogen-bond acceptors (Lipinski definition) is 3. The number of para-hydroxylation sites is 1. The number of ether oxygens (including phenoxy) is 1. The first-order valence-electron chi connectivity index (χ1n) is 9.92. The third kappa shape index (κ3) is 6.89. The Bertz CT molecular complexity index is 825. The maximum absolute atomic E-state index is 13.8. The molecule has 2 aromatic rings. The highest BCUT2D eigenvalue weighted by atomic mass is 19.1. The van der Waals surface area contributed by atoms with Crippen LogP contribution in [0, 0.1) is 12.7 Å². The van der Waals surface area contributed by atoms with Gasteiger partial charge in [-0.1, -0.05) is 55.3 Å². The van der Waals surface area contributed by atoms with Crippen LogP contribution in [0.4, 0.5) is 4.39 Å². The summed E-state index contributed by atoms with van der Waals surface area (Å²) in [5.41, 5.74) is 1.98. The fourth-order valence-corrected chi connectivity index (χ4v) is 2.91. The second-order valence-corrected chi connectivity index (χ2v) is 7.05. The van der Waals surface area contributed by atoms with Crippen molar-refractivity contribution in [1.29, 1.82) is 0 Å². The lowest BCUT2D eigenvalue weighted by atomic mass is 10.1. The van der Waals surface area contributed by atoms with E-state index in [-0.39, 0.29) is 30.7 Å². The molecule has 2 rings (SSSR count). The largest absolute Gasteiger partial charge is 0.481 e. The van der Waals surface area contributed by atoms with E-state index >= 15 is 0 Å². The fourth-order valence-electron chi connectivity index (χ4n) is 2.91. The van der Waals surface area contributed by atoms with Gasteiger partial charge in [0, 0.05) is 13.1 Å². The third-order valence-corrected chi connectivity index (χ3v) is 4.62. The van der Waals surface area contributed by atoms with Gasteiger partial charge in [0.05, 0.1) is 0 Å². The number of nitrogens with one attached hydrogen (secondary N) is 1. The van der Waals surface area contributed by atoms with Crippen molar-refractivity contribution in [2.45, 2.75) is 46.2 Å². The van der Waals surface area contributed by atoms with Gasteiger partial charge >= 0.3 is 0 Å². The standard InChI is InChI=1S/C23H29FN2O3/c1-4-5-13-25-23(28)18(3)26(15-19-10-8-9-17(2)14-19)22(27)16-29-21-12-7-6-11-20(21)24/h6-12,14,18H,4-5,13,15-16H2,1-3H3,(H,25,28)/t18-/m0/s1. The van der Waals surface area contributed by atoms with E-state index in [1.165, 1.54) is 17.0 Å². The molecule has 5 nitrogen and oxygen atoms in total. The Morgan fingerprint density at radius 1 is 1.17 bits per heavy atom. The Morgan fingerprint density at radius 2 is 1.93 bits per heavy atom. The first kappa shape index (κ1) is 22.4. The number of benzene rings is 2. The van der Waals surface area contributed by atoms with Crippen LogP contribution in [-0.4, -0.2) is 35.9 Å². The number of nitrogens with zero attached hydrogens (tertiary/aromatic N) is 1. The van der Waals surface area contributed by atoms with E-state index < -0.39 is 11.9 Å². The molecule has 0 aromatic heterocycles. The first-order chi connectivity index (χ1) is 13.9. The Hall–Kier alpha value is -2.89. The van der Waals surface area contributed by atoms with E-state index in [4.69, 9.17) is 4.74 Å². The van der Waals surface area contributed by atoms with Gasteiger partial charge in [0.2, 0.25) is 5.91 Å². The zero-order valence-electron chi connectivity index (χ0n) is 17.3. The number of amides is 2. The second kappa shape index (κ2) is 11.2. The first-order valence-corrected chi connectivity index (χ1v) is 9.92. The van der Waals surface area contributed by atoms with Crippen molar-refractivity contribution in [2.24, 2.45) is 0 Å². The van der Waals surface area contributed by atoms with E-state index in [1.807, 2.05) is 38.1 Å². The molecule has 0 spiro atoms. The van der Waals surface area contributed by atoms with Crippen molar-refractivity contribution in [1.82, 2.24) is 10.2 Å². The van der Waals surface area contributed by atoms with Crippen LogP contribution in [0.5, 0.6) is 5.75 Å². The Morgan fingerprint density at radius 3 is 2.62 bits per heavy atom. The van der Waals surface area contributed by atoms with Crippen molar-refractivity contribution in [2.75, 3.05) is 13.2 Å². The molecule has 0 radical (unpaired) electrons. The smallest absolute Gasteiger partial charge is 0.261 e. The number of hydrogen-bond donors (Lipinski definition) is 1. The van der Waals surface area contributed by atoms with E-state index in [0.29, 0.717) is 6.54 Å². The van der Waals surface area contributed by atoms with E-state index in [0.717, 1.165) is 24.0 Å². The average molecular weight is 400 g/mol. The zero-order chi connectivity index (χ0) is 21.2. The van der Waals surface area contributed by atoms with E-state index in [2.05, 4.69) is 5.32 Å². The minimum Gasteiger partial charge on any atom is -0.481 e. The molecule has 6 heteroatoms. The summed E-state index contributed by atoms with van der Waals surface area (Å²) < 4.78 is 19.1. The van der Waals surface area contributed by atoms with Gasteiger partial charge in [-0.25, -0.2) is 4.39 Å². The van der Waals surface area contributed by atoms with Gasteiger partial charge < -0.3 is 15.0 Å². The Balaban J connectivity index is 2.12. The molecule has 0 aliphatic heterocycles. The normalized spacial score (nSPS) is 11.6. The van der Waals surface area contributed by atoms with Crippen molar-refractivity contribution < 1.29 is 18.7 Å². The van der Waals surface area contributed by atoms with Gasteiger partial charge in [0.1, 0.15) is 6.04 Å². The molecule has 0 aliphatic rings. The van der Waals surface area contributed by atoms with Crippen LogP contribution < -0.4 is 10.1 Å². The van der Waals surface area contributed by atoms with Crippen LogP contribution in [0.15, 0.2) is 48.5 Å². The predicted molar refractivity (Wildman–Crippen MR) is 111 cm³/mol.